The van der Waals surface area contributed by atoms with E-state index in [1.165, 1.54) is 0 Å². The van der Waals surface area contributed by atoms with Crippen LogP contribution in [0.3, 0.4) is 0 Å². The summed E-state index contributed by atoms with van der Waals surface area (Å²) in [6.45, 7) is 0.398. The summed E-state index contributed by atoms with van der Waals surface area (Å²) in [5, 5.41) is 7.06. The van der Waals surface area contributed by atoms with E-state index in [4.69, 9.17) is 4.74 Å². The molecule has 0 unspecified atom stereocenters. The summed E-state index contributed by atoms with van der Waals surface area (Å²) >= 11 is 0. The maximum Gasteiger partial charge on any atom is 0.251 e. The summed E-state index contributed by atoms with van der Waals surface area (Å²) in [6.07, 6.45) is 5.27. The molecule has 0 bridgehead atoms. The molecule has 122 valence electrons. The number of aromatic nitrogens is 3. The van der Waals surface area contributed by atoms with Crippen molar-refractivity contribution in [3.63, 3.8) is 0 Å². The number of methoxy groups -OCH3 is 1. The van der Waals surface area contributed by atoms with Gasteiger partial charge in [-0.1, -0.05) is 6.07 Å². The highest BCUT2D eigenvalue weighted by molar-refractivity contribution is 5.94. The van der Waals surface area contributed by atoms with Crippen molar-refractivity contribution in [2.45, 2.75) is 6.54 Å². The summed E-state index contributed by atoms with van der Waals surface area (Å²) in [4.78, 5) is 16.5. The molecule has 0 saturated heterocycles. The van der Waals surface area contributed by atoms with Crippen LogP contribution >= 0.6 is 0 Å². The zero-order valence-electron chi connectivity index (χ0n) is 13.6. The van der Waals surface area contributed by atoms with E-state index >= 15 is 0 Å². The van der Waals surface area contributed by atoms with Crippen LogP contribution < -0.4 is 10.1 Å². The standard InChI is InChI=1S/C18H18N4O2/c1-22-17(6-7-21-22)15-8-13(10-19-12-15)11-20-18(23)14-4-3-5-16(9-14)24-2/h3-10,12H,11H2,1-2H3,(H,20,23). The second-order valence-electron chi connectivity index (χ2n) is 5.34. The second-order valence-corrected chi connectivity index (χ2v) is 5.34. The van der Waals surface area contributed by atoms with Gasteiger partial charge in [0.25, 0.3) is 5.91 Å². The number of rotatable bonds is 5. The molecule has 24 heavy (non-hydrogen) atoms. The van der Waals surface area contributed by atoms with E-state index < -0.39 is 0 Å². The Morgan fingerprint density at radius 2 is 2.12 bits per heavy atom. The maximum absolute atomic E-state index is 12.3. The van der Waals surface area contributed by atoms with Crippen LogP contribution in [0, 0.1) is 0 Å². The van der Waals surface area contributed by atoms with E-state index in [1.807, 2.05) is 19.2 Å². The third kappa shape index (κ3) is 3.43. The quantitative estimate of drug-likeness (QED) is 0.783. The summed E-state index contributed by atoms with van der Waals surface area (Å²) in [7, 11) is 3.46. The predicted octanol–water partition coefficient (Wildman–Crippen LogP) is 2.42. The molecule has 1 N–H and O–H groups in total. The molecule has 0 spiro atoms. The SMILES string of the molecule is COc1cccc(C(=O)NCc2cncc(-c3ccnn3C)c2)c1. The molecule has 2 aromatic heterocycles. The van der Waals surface area contributed by atoms with Gasteiger partial charge in [-0.25, -0.2) is 0 Å². The Balaban J connectivity index is 1.70. The summed E-state index contributed by atoms with van der Waals surface area (Å²) in [6, 6.07) is 11.0. The average molecular weight is 322 g/mol. The minimum atomic E-state index is -0.153. The van der Waals surface area contributed by atoms with Gasteiger partial charge in [0.2, 0.25) is 0 Å². The van der Waals surface area contributed by atoms with Gasteiger partial charge in [0, 0.05) is 43.3 Å². The van der Waals surface area contributed by atoms with Crippen LogP contribution in [0.15, 0.2) is 55.0 Å². The summed E-state index contributed by atoms with van der Waals surface area (Å²) in [5.74, 6) is 0.502. The lowest BCUT2D eigenvalue weighted by atomic mass is 10.1. The van der Waals surface area contributed by atoms with Gasteiger partial charge in [-0.15, -0.1) is 0 Å². The molecule has 0 radical (unpaired) electrons. The normalized spacial score (nSPS) is 10.4. The molecule has 0 aliphatic rings. The number of aryl methyl sites for hydroxylation is 1. The first-order valence-electron chi connectivity index (χ1n) is 7.52. The van der Waals surface area contributed by atoms with Crippen molar-refractivity contribution in [1.82, 2.24) is 20.1 Å². The van der Waals surface area contributed by atoms with Gasteiger partial charge in [-0.3, -0.25) is 14.5 Å². The van der Waals surface area contributed by atoms with Crippen LogP contribution in [0.25, 0.3) is 11.3 Å². The number of amides is 1. The van der Waals surface area contributed by atoms with Gasteiger partial charge >= 0.3 is 0 Å². The Bertz CT molecular complexity index is 857. The Hall–Kier alpha value is -3.15. The first-order valence-corrected chi connectivity index (χ1v) is 7.52. The Kier molecular flexibility index (Phi) is 4.56. The van der Waals surface area contributed by atoms with E-state index in [1.54, 1.807) is 54.6 Å². The predicted molar refractivity (Wildman–Crippen MR) is 90.6 cm³/mol. The number of ether oxygens (including phenoxy) is 1. The molecule has 3 rings (SSSR count). The van der Waals surface area contributed by atoms with E-state index in [9.17, 15) is 4.79 Å². The minimum absolute atomic E-state index is 0.153. The lowest BCUT2D eigenvalue weighted by Crippen LogP contribution is -2.22. The zero-order chi connectivity index (χ0) is 16.9. The van der Waals surface area contributed by atoms with E-state index in [0.717, 1.165) is 16.8 Å². The molecule has 1 amide bonds. The molecule has 6 heteroatoms. The lowest BCUT2D eigenvalue weighted by molar-refractivity contribution is 0.0950. The van der Waals surface area contributed by atoms with Gasteiger partial charge in [0.05, 0.1) is 12.8 Å². The fourth-order valence-electron chi connectivity index (χ4n) is 2.43. The van der Waals surface area contributed by atoms with Crippen LogP contribution in [0.4, 0.5) is 0 Å². The van der Waals surface area contributed by atoms with Crippen molar-refractivity contribution in [3.05, 3.63) is 66.1 Å². The third-order valence-corrected chi connectivity index (χ3v) is 3.70. The lowest BCUT2D eigenvalue weighted by Gasteiger charge is -2.08. The summed E-state index contributed by atoms with van der Waals surface area (Å²) < 4.78 is 6.93. The minimum Gasteiger partial charge on any atom is -0.497 e. The summed E-state index contributed by atoms with van der Waals surface area (Å²) in [5.41, 5.74) is 3.42. The molecule has 2 heterocycles. The van der Waals surface area contributed by atoms with Crippen molar-refractivity contribution in [2.75, 3.05) is 7.11 Å². The number of benzene rings is 1. The molecule has 0 aliphatic carbocycles. The van der Waals surface area contributed by atoms with Crippen molar-refractivity contribution in [3.8, 4) is 17.0 Å². The van der Waals surface area contributed by atoms with E-state index in [2.05, 4.69) is 15.4 Å². The highest BCUT2D eigenvalue weighted by Gasteiger charge is 2.08. The number of hydrogen-bond acceptors (Lipinski definition) is 4. The van der Waals surface area contributed by atoms with Crippen LogP contribution in [0.2, 0.25) is 0 Å². The van der Waals surface area contributed by atoms with Crippen LogP contribution in [0.5, 0.6) is 5.75 Å². The highest BCUT2D eigenvalue weighted by Crippen LogP contribution is 2.18. The molecule has 6 nitrogen and oxygen atoms in total. The maximum atomic E-state index is 12.3. The van der Waals surface area contributed by atoms with Crippen molar-refractivity contribution >= 4 is 5.91 Å². The van der Waals surface area contributed by atoms with Crippen molar-refractivity contribution < 1.29 is 9.53 Å². The molecule has 1 aromatic carbocycles. The van der Waals surface area contributed by atoms with Gasteiger partial charge in [-0.05, 0) is 35.9 Å². The van der Waals surface area contributed by atoms with Crippen LogP contribution in [-0.2, 0) is 13.6 Å². The number of hydrogen-bond donors (Lipinski definition) is 1. The first kappa shape index (κ1) is 15.7. The Morgan fingerprint density at radius 3 is 2.88 bits per heavy atom. The van der Waals surface area contributed by atoms with Gasteiger partial charge in [-0.2, -0.15) is 5.10 Å². The van der Waals surface area contributed by atoms with Crippen molar-refractivity contribution in [1.29, 1.82) is 0 Å². The number of carbonyl (C=O) groups excluding carboxylic acids is 1. The number of nitrogens with one attached hydrogen (secondary N) is 1. The first-order chi connectivity index (χ1) is 11.7. The second kappa shape index (κ2) is 6.95. The molecule has 0 saturated carbocycles. The fraction of sp³-hybridized carbons (Fsp3) is 0.167. The van der Waals surface area contributed by atoms with Crippen LogP contribution in [0.1, 0.15) is 15.9 Å². The molecule has 0 atom stereocenters. The van der Waals surface area contributed by atoms with E-state index in [0.29, 0.717) is 17.9 Å². The molecule has 0 aliphatic heterocycles. The largest absolute Gasteiger partial charge is 0.497 e. The molecular weight excluding hydrogens is 304 g/mol. The Morgan fingerprint density at radius 1 is 1.25 bits per heavy atom. The third-order valence-electron chi connectivity index (χ3n) is 3.70. The van der Waals surface area contributed by atoms with E-state index in [-0.39, 0.29) is 5.91 Å². The van der Waals surface area contributed by atoms with Gasteiger partial charge in [0.1, 0.15) is 5.75 Å². The van der Waals surface area contributed by atoms with Crippen molar-refractivity contribution in [2.24, 2.45) is 7.05 Å². The topological polar surface area (TPSA) is 69.0 Å². The van der Waals surface area contributed by atoms with Gasteiger partial charge < -0.3 is 10.1 Å². The average Bonchev–Trinajstić information content (AvgIpc) is 3.06. The molecule has 3 aromatic rings. The smallest absolute Gasteiger partial charge is 0.251 e. The van der Waals surface area contributed by atoms with Gasteiger partial charge in [0.15, 0.2) is 0 Å². The number of pyridine rings is 1. The molecular formula is C18H18N4O2. The van der Waals surface area contributed by atoms with Crippen LogP contribution in [-0.4, -0.2) is 27.8 Å². The monoisotopic (exact) mass is 322 g/mol. The Labute approximate surface area is 140 Å². The zero-order valence-corrected chi connectivity index (χ0v) is 13.6. The number of carbonyl (C=O) groups is 1. The highest BCUT2D eigenvalue weighted by atomic mass is 16.5. The number of nitrogens with zero attached hydrogens (tertiary/aromatic N) is 3. The fourth-order valence-corrected chi connectivity index (χ4v) is 2.43. The molecule has 0 fully saturated rings.